The number of hydrogen-bond acceptors (Lipinski definition) is 40. The molecular weight excluding hydrogens is 1900 g/mol. The minimum Gasteiger partial charge on any atom is -0.479 e. The zero-order valence-electron chi connectivity index (χ0n) is 82.1. The van der Waals surface area contributed by atoms with E-state index in [2.05, 4.69) is 53.2 Å². The van der Waals surface area contributed by atoms with Crippen molar-refractivity contribution in [3.63, 3.8) is 0 Å². The predicted molar refractivity (Wildman–Crippen MR) is 499 cm³/mol. The van der Waals surface area contributed by atoms with E-state index in [1.54, 1.807) is 41.5 Å². The van der Waals surface area contributed by atoms with Crippen LogP contribution in [0.3, 0.4) is 0 Å². The number of carbonyl (C=O) groups is 13. The smallest absolute Gasteiger partial charge is 0.407 e. The monoisotopic (exact) mass is 2060 g/mol. The van der Waals surface area contributed by atoms with Crippen molar-refractivity contribution in [2.45, 2.75) is 286 Å². The van der Waals surface area contributed by atoms with Gasteiger partial charge in [0.15, 0.2) is 16.8 Å². The highest BCUT2D eigenvalue weighted by atomic mass is 32.2. The van der Waals surface area contributed by atoms with Gasteiger partial charge in [-0.1, -0.05) is 76.7 Å². The van der Waals surface area contributed by atoms with E-state index in [0.717, 1.165) is 25.7 Å². The lowest BCUT2D eigenvalue weighted by molar-refractivity contribution is -0.233. The van der Waals surface area contributed by atoms with Crippen LogP contribution in [0.5, 0.6) is 0 Å². The van der Waals surface area contributed by atoms with Crippen LogP contribution >= 0.6 is 11.8 Å². The van der Waals surface area contributed by atoms with E-state index in [1.807, 2.05) is 27.7 Å². The molecule has 3 aliphatic heterocycles. The van der Waals surface area contributed by atoms with Crippen molar-refractivity contribution >= 4 is 89.5 Å². The molecule has 21 atom stereocenters. The fourth-order valence-corrected chi connectivity index (χ4v) is 15.5. The van der Waals surface area contributed by atoms with Crippen LogP contribution in [0.4, 0.5) is 19.2 Å². The molecule has 52 nitrogen and oxygen atoms in total. The summed E-state index contributed by atoms with van der Waals surface area (Å²) in [7, 11) is 2.98. The van der Waals surface area contributed by atoms with Crippen molar-refractivity contribution in [2.24, 2.45) is 17.8 Å². The third kappa shape index (κ3) is 51.4. The Kier molecular flexibility index (Phi) is 69.5. The van der Waals surface area contributed by atoms with Crippen LogP contribution in [-0.4, -0.2) is 458 Å². The number of aliphatic hydroxyl groups is 12. The average Bonchev–Trinajstić information content (AvgIpc) is 0.774. The van der Waals surface area contributed by atoms with Gasteiger partial charge in [0.2, 0.25) is 35.4 Å². The first-order chi connectivity index (χ1) is 66.3. The lowest BCUT2D eigenvalue weighted by Gasteiger charge is -2.47. The second-order valence-corrected chi connectivity index (χ2v) is 35.7. The van der Waals surface area contributed by atoms with Crippen molar-refractivity contribution < 1.29 is 205 Å². The third-order valence-corrected chi connectivity index (χ3v) is 22.1. The summed E-state index contributed by atoms with van der Waals surface area (Å²) in [6, 6.07) is -7.79. The maximum Gasteiger partial charge on any atom is 0.407 e. The summed E-state index contributed by atoms with van der Waals surface area (Å²) >= 11 is 1.32. The van der Waals surface area contributed by atoms with E-state index in [0.29, 0.717) is 51.6 Å². The topological polar surface area (TPSA) is 775 Å². The largest absolute Gasteiger partial charge is 0.479 e. The predicted octanol–water partition coefficient (Wildman–Crippen LogP) is -4.47. The number of carbonyl (C=O) groups excluding carboxylic acids is 10. The number of thioether (sulfide) groups is 1. The lowest BCUT2D eigenvalue weighted by atomic mass is 9.79. The van der Waals surface area contributed by atoms with Crippen LogP contribution in [-0.2, 0) is 109 Å². The molecule has 0 spiro atoms. The SMILES string of the molecule is C.CCCOCCOC(=O)NC(COCCOC)C(=O)NCC(=O)NC1C(O)CC(CC(C)C)(C(=O)O)OC1C(O)C(O)CO.CCCOCCOC(=O)NC(CSCCOC)C(=O)NCC(=O)NC1C(O)CC(CC(C)C)(C(=O)O)OC1C(O)C(O)CO.CCCOCCOC(=O)NCCCCC(NC(=O)OCCOCCC)C(=O)NCC(=O)NC1C(O)CC(CC(C)C)(C(=O)O)OC1C(O)C(O)CO. The van der Waals surface area contributed by atoms with Crippen LogP contribution in [0.2, 0.25) is 0 Å². The lowest BCUT2D eigenvalue weighted by Crippen LogP contribution is -2.68. The quantitative estimate of drug-likeness (QED) is 0.0202. The van der Waals surface area contributed by atoms with E-state index < -0.39 is 263 Å². The molecule has 3 saturated heterocycles. The number of rotatable bonds is 68. The number of ether oxygens (including phenoxy) is 14. The van der Waals surface area contributed by atoms with E-state index in [1.165, 1.54) is 26.0 Å². The summed E-state index contributed by atoms with van der Waals surface area (Å²) in [6.07, 6.45) is -21.4. The number of amides is 10. The summed E-state index contributed by atoms with van der Waals surface area (Å²) in [6.45, 7) is 16.9. The molecule has 0 aliphatic carbocycles. The van der Waals surface area contributed by atoms with Gasteiger partial charge in [0.05, 0.1) is 129 Å². The number of carboxylic acid groups (broad SMARTS) is 3. The summed E-state index contributed by atoms with van der Waals surface area (Å²) < 4.78 is 73.7. The molecule has 822 valence electrons. The van der Waals surface area contributed by atoms with Crippen molar-refractivity contribution in [2.75, 3.05) is 177 Å². The Morgan fingerprint density at radius 1 is 0.383 bits per heavy atom. The molecule has 0 bridgehead atoms. The molecule has 0 aromatic carbocycles. The van der Waals surface area contributed by atoms with Gasteiger partial charge in [-0.2, -0.15) is 11.8 Å². The molecule has 0 radical (unpaired) electrons. The summed E-state index contributed by atoms with van der Waals surface area (Å²) in [5.74, 6) is -9.04. The second-order valence-electron chi connectivity index (χ2n) is 34.6. The van der Waals surface area contributed by atoms with Crippen molar-refractivity contribution in [1.82, 2.24) is 53.2 Å². The first-order valence-electron chi connectivity index (χ1n) is 46.9. The van der Waals surface area contributed by atoms with Gasteiger partial charge >= 0.3 is 42.3 Å². The van der Waals surface area contributed by atoms with Crippen molar-refractivity contribution in [3.05, 3.63) is 0 Å². The van der Waals surface area contributed by atoms with E-state index in [9.17, 15) is 139 Å². The molecule has 0 aromatic heterocycles. The Bertz CT molecular complexity index is 3440. The Hall–Kier alpha value is -8.22. The molecule has 3 heterocycles. The minimum absolute atomic E-state index is 0. The van der Waals surface area contributed by atoms with E-state index >= 15 is 0 Å². The van der Waals surface area contributed by atoms with Crippen LogP contribution in [0.25, 0.3) is 0 Å². The van der Waals surface area contributed by atoms with Gasteiger partial charge < -0.3 is 196 Å². The molecule has 25 N–H and O–H groups in total. The molecule has 10 amide bonds. The number of nitrogens with one attached hydrogen (secondary N) is 10. The number of unbranched alkanes of at least 4 members (excludes halogenated alkanes) is 1. The van der Waals surface area contributed by atoms with Gasteiger partial charge in [0, 0.05) is 78.0 Å². The number of aliphatic hydroxyl groups excluding tert-OH is 12. The molecule has 3 rings (SSSR count). The summed E-state index contributed by atoms with van der Waals surface area (Å²) in [5.41, 5.74) is -5.83. The first kappa shape index (κ1) is 133. The van der Waals surface area contributed by atoms with Crippen LogP contribution in [0.1, 0.15) is 160 Å². The summed E-state index contributed by atoms with van der Waals surface area (Å²) in [4.78, 5) is 163. The zero-order chi connectivity index (χ0) is 106. The van der Waals surface area contributed by atoms with Gasteiger partial charge in [0.1, 0.15) is 99.5 Å². The molecule has 3 fully saturated rings. The number of hydrogen-bond donors (Lipinski definition) is 25. The Morgan fingerprint density at radius 2 is 0.681 bits per heavy atom. The molecule has 21 unspecified atom stereocenters. The first-order valence-corrected chi connectivity index (χ1v) is 48.0. The fraction of sp³-hybridized carbons (Fsp3) is 0.852. The highest BCUT2D eigenvalue weighted by Crippen LogP contribution is 2.40. The summed E-state index contributed by atoms with van der Waals surface area (Å²) in [5, 5.41) is 177. The second kappa shape index (κ2) is 73.8. The van der Waals surface area contributed by atoms with Crippen molar-refractivity contribution in [1.29, 1.82) is 0 Å². The van der Waals surface area contributed by atoms with Crippen molar-refractivity contribution in [3.8, 4) is 0 Å². The third-order valence-electron chi connectivity index (χ3n) is 21.1. The number of alkyl carbamates (subject to hydrolysis) is 4. The highest BCUT2D eigenvalue weighted by molar-refractivity contribution is 7.99. The van der Waals surface area contributed by atoms with Gasteiger partial charge in [-0.15, -0.1) is 0 Å². The standard InChI is InChI=1S/C33H60N4O15.C27H49N3O14.C27H49N3O13S.CH4/c1-5-11-48-13-15-50-31(46)34-10-8-7-9-22(36-32(47)51-16-14-49-12-6-2)29(43)35-19-25(41)37-26-23(39)18-33(30(44)45,17-21(3)4)52-28(26)27(42)24(40)20-38;1-5-6-41-9-10-43-26(39)29-17(15-42-8-7-40-4)24(36)28-13-20(34)30-21-18(32)12-27(25(37)38,11-16(2)3)44-23(21)22(35)19(33)14-31;1-5-6-41-7-8-42-26(39)29-17(15-44-10-9-40-4)24(36)28-13-20(34)30-21-18(32)12-27(25(37)38,11-16(2)3)43-23(21)22(35)19(33)14-31;/h21-24,26-28,38-40,42H,5-20H2,1-4H3,(H,34,46)(H,35,43)(H,36,47)(H,37,41)(H,44,45);2*16-19,21-23,31-33,35H,5-15H2,1-4H3,(H,28,36)(H,29,39)(H,30,34)(H,37,38);1H4. The van der Waals surface area contributed by atoms with Crippen LogP contribution < -0.4 is 53.2 Å². The van der Waals surface area contributed by atoms with Gasteiger partial charge in [-0.3, -0.25) is 28.8 Å². The minimum atomic E-state index is -1.96. The molecule has 0 aromatic rings. The Labute approximate surface area is 826 Å². The molecule has 3 aliphatic rings. The van der Waals surface area contributed by atoms with Gasteiger partial charge in [-0.05, 0) is 82.0 Å². The van der Waals surface area contributed by atoms with E-state index in [4.69, 9.17) is 66.3 Å². The molecule has 53 heteroatoms. The van der Waals surface area contributed by atoms with Gasteiger partial charge in [0.25, 0.3) is 0 Å². The molecule has 141 heavy (non-hydrogen) atoms. The number of aliphatic carboxylic acids is 3. The highest BCUT2D eigenvalue weighted by Gasteiger charge is 2.58. The fourth-order valence-electron chi connectivity index (χ4n) is 14.5. The maximum absolute atomic E-state index is 13.2. The molecular formula is C88H162N10O42S. The van der Waals surface area contributed by atoms with Crippen LogP contribution in [0, 0.1) is 17.8 Å². The number of methoxy groups -OCH3 is 2. The Morgan fingerprint density at radius 3 is 0.986 bits per heavy atom. The normalized spacial score (nSPS) is 22.9. The number of carboxylic acids is 3. The molecule has 0 saturated carbocycles. The average molecular weight is 2060 g/mol. The van der Waals surface area contributed by atoms with Crippen LogP contribution in [0.15, 0.2) is 0 Å². The van der Waals surface area contributed by atoms with Gasteiger partial charge in [-0.25, -0.2) is 33.6 Å². The van der Waals surface area contributed by atoms with E-state index in [-0.39, 0.29) is 136 Å². The zero-order valence-corrected chi connectivity index (χ0v) is 83.0. The maximum atomic E-state index is 13.2. The Balaban J connectivity index is 0.00000209.